The third-order valence-electron chi connectivity index (χ3n) is 2.55. The molecule has 0 bridgehead atoms. The van der Waals surface area contributed by atoms with Gasteiger partial charge in [0, 0.05) is 12.6 Å². The minimum absolute atomic E-state index is 0.0366. The van der Waals surface area contributed by atoms with E-state index in [-0.39, 0.29) is 24.8 Å². The van der Waals surface area contributed by atoms with E-state index in [2.05, 4.69) is 5.32 Å². The SMILES string of the molecule is CNC(=O)CN(C)CC(=O)c1ccccc1C. The van der Waals surface area contributed by atoms with Gasteiger partial charge in [0.2, 0.25) is 5.91 Å². The Labute approximate surface area is 102 Å². The second-order valence-corrected chi connectivity index (χ2v) is 4.08. The van der Waals surface area contributed by atoms with E-state index in [4.69, 9.17) is 0 Å². The maximum absolute atomic E-state index is 12.0. The predicted octanol–water partition coefficient (Wildman–Crippen LogP) is 0.856. The van der Waals surface area contributed by atoms with Crippen LogP contribution < -0.4 is 5.32 Å². The fourth-order valence-electron chi connectivity index (χ4n) is 1.60. The van der Waals surface area contributed by atoms with Crippen molar-refractivity contribution in [3.8, 4) is 0 Å². The topological polar surface area (TPSA) is 49.4 Å². The normalized spacial score (nSPS) is 10.4. The summed E-state index contributed by atoms with van der Waals surface area (Å²) in [5.74, 6) is -0.0559. The number of aryl methyl sites for hydroxylation is 1. The number of carbonyl (C=O) groups is 2. The molecule has 0 aliphatic carbocycles. The van der Waals surface area contributed by atoms with Gasteiger partial charge in [0.25, 0.3) is 0 Å². The van der Waals surface area contributed by atoms with Crippen LogP contribution in [0, 0.1) is 6.92 Å². The minimum atomic E-state index is -0.0925. The molecular formula is C13H18N2O2. The van der Waals surface area contributed by atoms with Gasteiger partial charge in [-0.1, -0.05) is 24.3 Å². The summed E-state index contributed by atoms with van der Waals surface area (Å²) in [7, 11) is 3.34. The first-order chi connectivity index (χ1) is 8.04. The van der Waals surface area contributed by atoms with Crippen LogP contribution in [0.5, 0.6) is 0 Å². The Morgan fingerprint density at radius 3 is 2.47 bits per heavy atom. The lowest BCUT2D eigenvalue weighted by Crippen LogP contribution is -2.36. The number of nitrogens with one attached hydrogen (secondary N) is 1. The van der Waals surface area contributed by atoms with E-state index in [9.17, 15) is 9.59 Å². The van der Waals surface area contributed by atoms with Gasteiger partial charge in [-0.25, -0.2) is 0 Å². The zero-order valence-electron chi connectivity index (χ0n) is 10.5. The van der Waals surface area contributed by atoms with E-state index in [1.165, 1.54) is 0 Å². The van der Waals surface area contributed by atoms with Gasteiger partial charge in [-0.2, -0.15) is 0 Å². The molecule has 1 rings (SSSR count). The smallest absolute Gasteiger partial charge is 0.233 e. The van der Waals surface area contributed by atoms with Crippen LogP contribution >= 0.6 is 0 Å². The number of Topliss-reactive ketones (excluding diaryl/α,β-unsaturated/α-hetero) is 1. The Morgan fingerprint density at radius 2 is 1.88 bits per heavy atom. The van der Waals surface area contributed by atoms with Gasteiger partial charge in [0.05, 0.1) is 13.1 Å². The molecule has 0 heterocycles. The van der Waals surface area contributed by atoms with Gasteiger partial charge >= 0.3 is 0 Å². The van der Waals surface area contributed by atoms with Crippen LogP contribution in [0.25, 0.3) is 0 Å². The highest BCUT2D eigenvalue weighted by atomic mass is 16.2. The Morgan fingerprint density at radius 1 is 1.24 bits per heavy atom. The summed E-state index contributed by atoms with van der Waals surface area (Å²) in [4.78, 5) is 24.8. The first-order valence-corrected chi connectivity index (χ1v) is 5.52. The number of benzene rings is 1. The molecule has 0 unspecified atom stereocenters. The molecule has 17 heavy (non-hydrogen) atoms. The number of ketones is 1. The van der Waals surface area contributed by atoms with Gasteiger partial charge in [-0.05, 0) is 19.5 Å². The second-order valence-electron chi connectivity index (χ2n) is 4.08. The van der Waals surface area contributed by atoms with Crippen LogP contribution in [-0.4, -0.2) is 43.8 Å². The number of rotatable bonds is 5. The van der Waals surface area contributed by atoms with Crippen molar-refractivity contribution in [2.45, 2.75) is 6.92 Å². The summed E-state index contributed by atoms with van der Waals surface area (Å²) >= 11 is 0. The van der Waals surface area contributed by atoms with Gasteiger partial charge in [0.1, 0.15) is 0 Å². The maximum Gasteiger partial charge on any atom is 0.233 e. The molecule has 0 radical (unpaired) electrons. The highest BCUT2D eigenvalue weighted by Crippen LogP contribution is 2.08. The van der Waals surface area contributed by atoms with Gasteiger partial charge < -0.3 is 5.32 Å². The summed E-state index contributed by atoms with van der Waals surface area (Å²) < 4.78 is 0. The van der Waals surface area contributed by atoms with Crippen LogP contribution in [0.3, 0.4) is 0 Å². The molecule has 0 spiro atoms. The number of nitrogens with zero attached hydrogens (tertiary/aromatic N) is 1. The number of hydrogen-bond acceptors (Lipinski definition) is 3. The van der Waals surface area contributed by atoms with E-state index in [1.54, 1.807) is 19.0 Å². The van der Waals surface area contributed by atoms with Crippen molar-refractivity contribution in [2.75, 3.05) is 27.2 Å². The third kappa shape index (κ3) is 4.00. The molecule has 1 amide bonds. The Balaban J connectivity index is 2.61. The first kappa shape index (κ1) is 13.4. The van der Waals surface area contributed by atoms with E-state index in [0.29, 0.717) is 0 Å². The van der Waals surface area contributed by atoms with E-state index < -0.39 is 0 Å². The van der Waals surface area contributed by atoms with Crippen molar-refractivity contribution in [3.63, 3.8) is 0 Å². The Hall–Kier alpha value is -1.68. The van der Waals surface area contributed by atoms with Crippen LogP contribution in [0.1, 0.15) is 15.9 Å². The number of carbonyl (C=O) groups excluding carboxylic acids is 2. The second kappa shape index (κ2) is 6.15. The highest BCUT2D eigenvalue weighted by Gasteiger charge is 2.12. The van der Waals surface area contributed by atoms with E-state index >= 15 is 0 Å². The lowest BCUT2D eigenvalue weighted by Gasteiger charge is -2.15. The lowest BCUT2D eigenvalue weighted by atomic mass is 10.0. The fraction of sp³-hybridized carbons (Fsp3) is 0.385. The van der Waals surface area contributed by atoms with Crippen molar-refractivity contribution < 1.29 is 9.59 Å². The lowest BCUT2D eigenvalue weighted by molar-refractivity contribution is -0.121. The van der Waals surface area contributed by atoms with Crippen molar-refractivity contribution in [1.82, 2.24) is 10.2 Å². The van der Waals surface area contributed by atoms with E-state index in [0.717, 1.165) is 11.1 Å². The summed E-state index contributed by atoms with van der Waals surface area (Å²) in [6, 6.07) is 7.47. The molecular weight excluding hydrogens is 216 g/mol. The summed E-state index contributed by atoms with van der Waals surface area (Å²) in [6.07, 6.45) is 0. The monoisotopic (exact) mass is 234 g/mol. The van der Waals surface area contributed by atoms with Crippen LogP contribution in [0.4, 0.5) is 0 Å². The van der Waals surface area contributed by atoms with Gasteiger partial charge in [0.15, 0.2) is 5.78 Å². The number of likely N-dealkylation sites (N-methyl/N-ethyl adjacent to an activating group) is 2. The van der Waals surface area contributed by atoms with Gasteiger partial charge in [-0.15, -0.1) is 0 Å². The summed E-state index contributed by atoms with van der Waals surface area (Å²) in [6.45, 7) is 2.39. The van der Waals surface area contributed by atoms with Crippen molar-refractivity contribution >= 4 is 11.7 Å². The molecule has 0 aliphatic heterocycles. The van der Waals surface area contributed by atoms with Crippen LogP contribution in [0.2, 0.25) is 0 Å². The maximum atomic E-state index is 12.0. The Bertz CT molecular complexity index is 416. The Kier molecular flexibility index (Phi) is 4.84. The van der Waals surface area contributed by atoms with Crippen molar-refractivity contribution in [3.05, 3.63) is 35.4 Å². The van der Waals surface area contributed by atoms with Crippen LogP contribution in [-0.2, 0) is 4.79 Å². The van der Waals surface area contributed by atoms with Gasteiger partial charge in [-0.3, -0.25) is 14.5 Å². The van der Waals surface area contributed by atoms with Crippen molar-refractivity contribution in [2.24, 2.45) is 0 Å². The first-order valence-electron chi connectivity index (χ1n) is 5.52. The zero-order valence-corrected chi connectivity index (χ0v) is 10.5. The summed E-state index contributed by atoms with van der Waals surface area (Å²) in [5.41, 5.74) is 1.68. The molecule has 1 aromatic rings. The fourth-order valence-corrected chi connectivity index (χ4v) is 1.60. The molecule has 0 atom stereocenters. The molecule has 0 aliphatic rings. The predicted molar refractivity (Wildman–Crippen MR) is 67.1 cm³/mol. The average molecular weight is 234 g/mol. The molecule has 4 nitrogen and oxygen atoms in total. The quantitative estimate of drug-likeness (QED) is 0.769. The standard InChI is InChI=1S/C13H18N2O2/c1-10-6-4-5-7-11(10)12(16)8-15(3)9-13(17)14-2/h4-7H,8-9H2,1-3H3,(H,14,17). The highest BCUT2D eigenvalue weighted by molar-refractivity contribution is 5.99. The summed E-state index contributed by atoms with van der Waals surface area (Å²) in [5, 5.41) is 2.53. The molecule has 0 saturated carbocycles. The molecule has 4 heteroatoms. The minimum Gasteiger partial charge on any atom is -0.358 e. The molecule has 0 fully saturated rings. The molecule has 92 valence electrons. The van der Waals surface area contributed by atoms with E-state index in [1.807, 2.05) is 31.2 Å². The average Bonchev–Trinajstić information content (AvgIpc) is 2.29. The number of hydrogen-bond donors (Lipinski definition) is 1. The molecule has 0 saturated heterocycles. The molecule has 1 N–H and O–H groups in total. The molecule has 1 aromatic carbocycles. The largest absolute Gasteiger partial charge is 0.358 e. The third-order valence-corrected chi connectivity index (χ3v) is 2.55. The van der Waals surface area contributed by atoms with Crippen LogP contribution in [0.15, 0.2) is 24.3 Å². The van der Waals surface area contributed by atoms with Crippen molar-refractivity contribution in [1.29, 1.82) is 0 Å². The molecule has 0 aromatic heterocycles. The zero-order chi connectivity index (χ0) is 12.8. The number of amides is 1.